The minimum absolute atomic E-state index is 0.820. The highest BCUT2D eigenvalue weighted by molar-refractivity contribution is 7.98. The predicted molar refractivity (Wildman–Crippen MR) is 67.2 cm³/mol. The fourth-order valence-electron chi connectivity index (χ4n) is 1.40. The molecular formula is C12H21NOS. The Morgan fingerprint density at radius 1 is 1.27 bits per heavy atom. The molecule has 0 atom stereocenters. The van der Waals surface area contributed by atoms with Crippen LogP contribution < -0.4 is 5.32 Å². The highest BCUT2D eigenvalue weighted by Crippen LogP contribution is 2.16. The first-order chi connectivity index (χ1) is 7.36. The Kier molecular flexibility index (Phi) is 6.60. The molecule has 3 heteroatoms. The summed E-state index contributed by atoms with van der Waals surface area (Å²) in [7, 11) is 1.93. The van der Waals surface area contributed by atoms with Gasteiger partial charge in [-0.25, -0.2) is 0 Å². The van der Waals surface area contributed by atoms with Crippen LogP contribution >= 0.6 is 11.8 Å². The average Bonchev–Trinajstić information content (AvgIpc) is 2.66. The number of unbranched alkanes of at least 4 members (excludes halogenated alkanes) is 2. The zero-order valence-electron chi connectivity index (χ0n) is 9.71. The second-order valence-corrected chi connectivity index (χ2v) is 4.76. The van der Waals surface area contributed by atoms with Gasteiger partial charge in [-0.1, -0.05) is 19.8 Å². The van der Waals surface area contributed by atoms with E-state index >= 15 is 0 Å². The molecule has 1 aromatic heterocycles. The van der Waals surface area contributed by atoms with Crippen molar-refractivity contribution in [2.45, 2.75) is 38.5 Å². The highest BCUT2D eigenvalue weighted by Gasteiger charge is 2.00. The third-order valence-corrected chi connectivity index (χ3v) is 3.27. The van der Waals surface area contributed by atoms with Gasteiger partial charge in [-0.3, -0.25) is 0 Å². The number of thioether (sulfide) groups is 1. The molecule has 1 heterocycles. The topological polar surface area (TPSA) is 25.2 Å². The maximum Gasteiger partial charge on any atom is 0.117 e. The molecule has 1 aromatic rings. The van der Waals surface area contributed by atoms with Crippen molar-refractivity contribution in [2.24, 2.45) is 0 Å². The number of hydrogen-bond donors (Lipinski definition) is 1. The van der Waals surface area contributed by atoms with Crippen LogP contribution in [0.2, 0.25) is 0 Å². The first kappa shape index (κ1) is 12.7. The van der Waals surface area contributed by atoms with Gasteiger partial charge in [0.25, 0.3) is 0 Å². The van der Waals surface area contributed by atoms with Crippen molar-refractivity contribution in [1.82, 2.24) is 5.32 Å². The maximum atomic E-state index is 5.65. The van der Waals surface area contributed by atoms with Gasteiger partial charge >= 0.3 is 0 Å². The molecular weight excluding hydrogens is 206 g/mol. The van der Waals surface area contributed by atoms with Crippen molar-refractivity contribution < 1.29 is 4.42 Å². The largest absolute Gasteiger partial charge is 0.464 e. The lowest BCUT2D eigenvalue weighted by Crippen LogP contribution is -2.03. The summed E-state index contributed by atoms with van der Waals surface area (Å²) >= 11 is 1.96. The number of nitrogens with one attached hydrogen (secondary N) is 1. The normalized spacial score (nSPS) is 10.8. The number of furan rings is 1. The van der Waals surface area contributed by atoms with Crippen molar-refractivity contribution in [2.75, 3.05) is 12.8 Å². The van der Waals surface area contributed by atoms with Gasteiger partial charge in [0, 0.05) is 0 Å². The third-order valence-electron chi connectivity index (χ3n) is 2.20. The Morgan fingerprint density at radius 2 is 2.07 bits per heavy atom. The van der Waals surface area contributed by atoms with Gasteiger partial charge in [0.05, 0.1) is 12.3 Å². The van der Waals surface area contributed by atoms with E-state index in [4.69, 9.17) is 4.42 Å². The zero-order valence-corrected chi connectivity index (χ0v) is 10.5. The minimum atomic E-state index is 0.820. The standard InChI is InChI=1S/C12H21NOS/c1-3-4-5-8-15-10-12-7-6-11(14-12)9-13-2/h6-7,13H,3-5,8-10H2,1-2H3. The van der Waals surface area contributed by atoms with E-state index in [0.29, 0.717) is 0 Å². The highest BCUT2D eigenvalue weighted by atomic mass is 32.2. The van der Waals surface area contributed by atoms with Crippen LogP contribution in [-0.4, -0.2) is 12.8 Å². The van der Waals surface area contributed by atoms with Crippen molar-refractivity contribution in [3.63, 3.8) is 0 Å². The summed E-state index contributed by atoms with van der Waals surface area (Å²) in [6.07, 6.45) is 3.97. The summed E-state index contributed by atoms with van der Waals surface area (Å²) in [5.74, 6) is 4.38. The fraction of sp³-hybridized carbons (Fsp3) is 0.667. The van der Waals surface area contributed by atoms with E-state index in [-0.39, 0.29) is 0 Å². The SMILES string of the molecule is CCCCCSCc1ccc(CNC)o1. The Balaban J connectivity index is 2.14. The molecule has 86 valence electrons. The monoisotopic (exact) mass is 227 g/mol. The van der Waals surface area contributed by atoms with Gasteiger partial charge in [0.1, 0.15) is 11.5 Å². The Morgan fingerprint density at radius 3 is 2.80 bits per heavy atom. The summed E-state index contributed by atoms with van der Waals surface area (Å²) in [5, 5.41) is 3.08. The van der Waals surface area contributed by atoms with E-state index in [1.165, 1.54) is 25.0 Å². The summed E-state index contributed by atoms with van der Waals surface area (Å²) in [6, 6.07) is 4.14. The van der Waals surface area contributed by atoms with Crippen LogP contribution in [0.5, 0.6) is 0 Å². The molecule has 1 N–H and O–H groups in total. The number of rotatable bonds is 8. The minimum Gasteiger partial charge on any atom is -0.464 e. The van der Waals surface area contributed by atoms with Crippen LogP contribution in [0.3, 0.4) is 0 Å². The van der Waals surface area contributed by atoms with Crippen LogP contribution in [0, 0.1) is 0 Å². The smallest absolute Gasteiger partial charge is 0.117 e. The summed E-state index contributed by atoms with van der Waals surface area (Å²) in [6.45, 7) is 3.06. The molecule has 0 unspecified atom stereocenters. The molecule has 0 bridgehead atoms. The molecule has 0 saturated heterocycles. The van der Waals surface area contributed by atoms with Gasteiger partial charge in [-0.15, -0.1) is 0 Å². The maximum absolute atomic E-state index is 5.65. The number of hydrogen-bond acceptors (Lipinski definition) is 3. The Bertz CT molecular complexity index is 260. The molecule has 0 radical (unpaired) electrons. The molecule has 0 aliphatic rings. The van der Waals surface area contributed by atoms with Gasteiger partial charge in [-0.2, -0.15) is 11.8 Å². The second-order valence-electron chi connectivity index (χ2n) is 3.66. The quantitative estimate of drug-likeness (QED) is 0.689. The molecule has 15 heavy (non-hydrogen) atoms. The fourth-order valence-corrected chi connectivity index (χ4v) is 2.30. The molecule has 0 aromatic carbocycles. The van der Waals surface area contributed by atoms with E-state index < -0.39 is 0 Å². The molecule has 0 fully saturated rings. The van der Waals surface area contributed by atoms with Gasteiger partial charge in [0.15, 0.2) is 0 Å². The Labute approximate surface area is 96.8 Å². The average molecular weight is 227 g/mol. The lowest BCUT2D eigenvalue weighted by atomic mass is 10.3. The summed E-state index contributed by atoms with van der Waals surface area (Å²) in [4.78, 5) is 0. The molecule has 2 nitrogen and oxygen atoms in total. The lowest BCUT2D eigenvalue weighted by molar-refractivity contribution is 0.469. The van der Waals surface area contributed by atoms with E-state index in [0.717, 1.165) is 23.8 Å². The van der Waals surface area contributed by atoms with E-state index in [1.54, 1.807) is 0 Å². The summed E-state index contributed by atoms with van der Waals surface area (Å²) < 4.78 is 5.65. The lowest BCUT2D eigenvalue weighted by Gasteiger charge is -1.98. The molecule has 0 aliphatic heterocycles. The Hall–Kier alpha value is -0.410. The first-order valence-electron chi connectivity index (χ1n) is 5.66. The zero-order chi connectivity index (χ0) is 10.9. The van der Waals surface area contributed by atoms with Crippen molar-refractivity contribution in [1.29, 1.82) is 0 Å². The van der Waals surface area contributed by atoms with Gasteiger partial charge in [0.2, 0.25) is 0 Å². The van der Waals surface area contributed by atoms with Crippen molar-refractivity contribution in [3.05, 3.63) is 23.7 Å². The van der Waals surface area contributed by atoms with Gasteiger partial charge in [-0.05, 0) is 31.4 Å². The molecule has 0 spiro atoms. The van der Waals surface area contributed by atoms with Crippen LogP contribution in [0.4, 0.5) is 0 Å². The van der Waals surface area contributed by atoms with Gasteiger partial charge < -0.3 is 9.73 Å². The van der Waals surface area contributed by atoms with E-state index in [1.807, 2.05) is 18.8 Å². The van der Waals surface area contributed by atoms with Crippen molar-refractivity contribution in [3.8, 4) is 0 Å². The van der Waals surface area contributed by atoms with Crippen LogP contribution in [0.1, 0.15) is 37.7 Å². The molecule has 0 saturated carbocycles. The first-order valence-corrected chi connectivity index (χ1v) is 6.82. The van der Waals surface area contributed by atoms with Crippen LogP contribution in [-0.2, 0) is 12.3 Å². The predicted octanol–water partition coefficient (Wildman–Crippen LogP) is 3.42. The molecule has 0 aliphatic carbocycles. The van der Waals surface area contributed by atoms with Crippen LogP contribution in [0.25, 0.3) is 0 Å². The second kappa shape index (κ2) is 7.83. The summed E-state index contributed by atoms with van der Waals surface area (Å²) in [5.41, 5.74) is 0. The van der Waals surface area contributed by atoms with Crippen LogP contribution in [0.15, 0.2) is 16.5 Å². The third kappa shape index (κ3) is 5.28. The molecule has 1 rings (SSSR count). The van der Waals surface area contributed by atoms with Crippen molar-refractivity contribution >= 4 is 11.8 Å². The van der Waals surface area contributed by atoms with E-state index in [2.05, 4.69) is 24.4 Å². The van der Waals surface area contributed by atoms with E-state index in [9.17, 15) is 0 Å². The molecule has 0 amide bonds.